The zero-order chi connectivity index (χ0) is 27.7. The van der Waals surface area contributed by atoms with E-state index in [4.69, 9.17) is 0 Å². The summed E-state index contributed by atoms with van der Waals surface area (Å²) in [5.74, 6) is 0. The van der Waals surface area contributed by atoms with Gasteiger partial charge in [0.15, 0.2) is 0 Å². The van der Waals surface area contributed by atoms with Crippen molar-refractivity contribution in [2.45, 2.75) is 0 Å². The summed E-state index contributed by atoms with van der Waals surface area (Å²) in [6.07, 6.45) is 0. The van der Waals surface area contributed by atoms with Crippen LogP contribution >= 0.6 is 0 Å². The van der Waals surface area contributed by atoms with E-state index in [2.05, 4.69) is 0 Å². The molecule has 0 unspecified atom stereocenters. The summed E-state index contributed by atoms with van der Waals surface area (Å²) in [5, 5.41) is 5.40. The predicted octanol–water partition coefficient (Wildman–Crippen LogP) is 0.376. The molecule has 0 amide bonds. The Morgan fingerprint density at radius 3 is 0.488 bits per heavy atom. The van der Waals surface area contributed by atoms with Gasteiger partial charge in [-0.3, -0.25) is 0 Å². The molecule has 0 fully saturated rings. The molecule has 0 aliphatic rings. The van der Waals surface area contributed by atoms with Gasteiger partial charge >= 0.3 is 17.4 Å². The second-order valence-electron chi connectivity index (χ2n) is 9.56. The van der Waals surface area contributed by atoms with Crippen LogP contribution in [0.15, 0.2) is 182 Å². The van der Waals surface area contributed by atoms with E-state index in [0.717, 1.165) is 31.1 Å². The van der Waals surface area contributed by atoms with Crippen molar-refractivity contribution in [3.63, 3.8) is 0 Å². The number of hydrogen-bond acceptors (Lipinski definition) is 2. The zero-order valence-corrected chi connectivity index (χ0v) is 26.8. The summed E-state index contributed by atoms with van der Waals surface area (Å²) in [6, 6.07) is 58.6. The van der Waals surface area contributed by atoms with Crippen molar-refractivity contribution in [2.75, 3.05) is 0 Å². The van der Waals surface area contributed by atoms with Crippen LogP contribution in [0.2, 0.25) is 0 Å². The SMILES string of the molecule is O.O.[Cr+2].[O-][Si](c1ccccc1)(c1ccccc1)c1ccccc1.[O-][Si](c1ccccc1)(c1ccccc1)c1ccccc1. The van der Waals surface area contributed by atoms with Crippen LogP contribution in [0.25, 0.3) is 0 Å². The summed E-state index contributed by atoms with van der Waals surface area (Å²) in [5.41, 5.74) is 0. The number of benzene rings is 6. The van der Waals surface area contributed by atoms with Crippen molar-refractivity contribution in [3.05, 3.63) is 182 Å². The molecule has 0 aliphatic carbocycles. The van der Waals surface area contributed by atoms with E-state index in [0.29, 0.717) is 0 Å². The topological polar surface area (TPSA) is 109 Å². The molecule has 6 aromatic rings. The summed E-state index contributed by atoms with van der Waals surface area (Å²) >= 11 is 0. The Morgan fingerprint density at radius 2 is 0.372 bits per heavy atom. The molecular weight excluding hydrogens is 605 g/mol. The van der Waals surface area contributed by atoms with E-state index in [1.807, 2.05) is 182 Å². The van der Waals surface area contributed by atoms with E-state index in [-0.39, 0.29) is 28.3 Å². The molecule has 6 aromatic carbocycles. The van der Waals surface area contributed by atoms with Gasteiger partial charge in [0.1, 0.15) is 0 Å². The van der Waals surface area contributed by atoms with Crippen molar-refractivity contribution < 1.29 is 37.9 Å². The van der Waals surface area contributed by atoms with Crippen LogP contribution < -0.4 is 40.7 Å². The Balaban J connectivity index is 0.000000281. The molecule has 0 spiro atoms. The minimum atomic E-state index is -3.13. The molecule has 0 aliphatic heterocycles. The van der Waals surface area contributed by atoms with Gasteiger partial charge in [-0.15, -0.1) is 0 Å². The van der Waals surface area contributed by atoms with Crippen LogP contribution in [0.5, 0.6) is 0 Å². The van der Waals surface area contributed by atoms with Crippen LogP contribution in [-0.2, 0) is 17.4 Å². The molecule has 7 heteroatoms. The summed E-state index contributed by atoms with van der Waals surface area (Å²) in [7, 11) is -6.26. The normalized spacial score (nSPS) is 10.5. The van der Waals surface area contributed by atoms with E-state index in [1.54, 1.807) is 0 Å². The minimum absolute atomic E-state index is 0. The first-order valence-corrected chi connectivity index (χ1v) is 17.2. The molecule has 0 bridgehead atoms. The average molecular weight is 639 g/mol. The van der Waals surface area contributed by atoms with E-state index in [9.17, 15) is 9.59 Å². The maximum Gasteiger partial charge on any atom is 2.00 e. The van der Waals surface area contributed by atoms with Crippen LogP contribution in [0.3, 0.4) is 0 Å². The smallest absolute Gasteiger partial charge is 0.848 e. The third-order valence-corrected chi connectivity index (χ3v) is 14.0. The number of hydrogen-bond donors (Lipinski definition) is 0. The summed E-state index contributed by atoms with van der Waals surface area (Å²) in [6.45, 7) is 0. The Morgan fingerprint density at radius 1 is 0.256 bits per heavy atom. The molecule has 0 aromatic heterocycles. The van der Waals surface area contributed by atoms with Crippen LogP contribution in [0.4, 0.5) is 0 Å². The maximum atomic E-state index is 13.8. The third kappa shape index (κ3) is 7.75. The predicted molar refractivity (Wildman–Crippen MR) is 175 cm³/mol. The van der Waals surface area contributed by atoms with Gasteiger partial charge in [-0.1, -0.05) is 213 Å². The Hall–Kier alpha value is -3.87. The van der Waals surface area contributed by atoms with Gasteiger partial charge in [0.05, 0.1) is 16.6 Å². The fourth-order valence-corrected chi connectivity index (χ4v) is 11.0. The molecule has 6 rings (SSSR count). The third-order valence-electron chi connectivity index (χ3n) is 7.08. The molecule has 0 saturated carbocycles. The van der Waals surface area contributed by atoms with E-state index < -0.39 is 16.6 Å². The molecule has 43 heavy (non-hydrogen) atoms. The van der Waals surface area contributed by atoms with E-state index >= 15 is 0 Å². The van der Waals surface area contributed by atoms with Crippen molar-refractivity contribution >= 4 is 47.8 Å². The molecule has 4 nitrogen and oxygen atoms in total. The number of rotatable bonds is 6. The van der Waals surface area contributed by atoms with Crippen LogP contribution in [0, 0.1) is 0 Å². The molecule has 0 heterocycles. The second kappa shape index (κ2) is 16.7. The first kappa shape index (κ1) is 35.3. The van der Waals surface area contributed by atoms with Gasteiger partial charge in [0.25, 0.3) is 0 Å². The summed E-state index contributed by atoms with van der Waals surface area (Å²) in [4.78, 5) is 27.7. The quantitative estimate of drug-likeness (QED) is 0.194. The molecule has 0 radical (unpaired) electrons. The van der Waals surface area contributed by atoms with Gasteiger partial charge in [-0.05, 0) is 0 Å². The summed E-state index contributed by atoms with van der Waals surface area (Å²) < 4.78 is 0. The standard InChI is InChI=1S/2C18H15OSi.Cr.2H2O/c2*19-20(16-10-4-1-5-11-16,17-12-6-2-7-13-17)18-14-8-3-9-15-18;;;/h2*1-15H;;2*1H2/q2*-1;+2;;. The average Bonchev–Trinajstić information content (AvgIpc) is 3.07. The van der Waals surface area contributed by atoms with Crippen molar-refractivity contribution in [1.82, 2.24) is 0 Å². The van der Waals surface area contributed by atoms with E-state index in [1.165, 1.54) is 0 Å². The zero-order valence-electron chi connectivity index (χ0n) is 23.5. The van der Waals surface area contributed by atoms with Crippen LogP contribution in [0.1, 0.15) is 0 Å². The molecular formula is C36H34CrO4Si2. The van der Waals surface area contributed by atoms with Crippen molar-refractivity contribution in [1.29, 1.82) is 0 Å². The Labute approximate surface area is 266 Å². The van der Waals surface area contributed by atoms with Gasteiger partial charge in [0, 0.05) is 0 Å². The Kier molecular flexibility index (Phi) is 13.7. The van der Waals surface area contributed by atoms with Crippen molar-refractivity contribution in [2.24, 2.45) is 0 Å². The van der Waals surface area contributed by atoms with Gasteiger partial charge in [-0.25, -0.2) is 0 Å². The maximum absolute atomic E-state index is 13.8. The largest absolute Gasteiger partial charge is 2.00 e. The van der Waals surface area contributed by atoms with Gasteiger partial charge in [-0.2, -0.15) is 0 Å². The fourth-order valence-electron chi connectivity index (χ4n) is 5.04. The monoisotopic (exact) mass is 638 g/mol. The molecule has 0 saturated heterocycles. The molecule has 216 valence electrons. The minimum Gasteiger partial charge on any atom is -0.848 e. The fraction of sp³-hybridized carbons (Fsp3) is 0. The molecule has 4 N–H and O–H groups in total. The first-order chi connectivity index (χ1) is 19.6. The second-order valence-corrected chi connectivity index (χ2v) is 15.7. The first-order valence-electron chi connectivity index (χ1n) is 13.4. The van der Waals surface area contributed by atoms with Gasteiger partial charge < -0.3 is 20.5 Å². The van der Waals surface area contributed by atoms with Crippen molar-refractivity contribution in [3.8, 4) is 0 Å². The Bertz CT molecular complexity index is 1280. The van der Waals surface area contributed by atoms with Crippen LogP contribution in [-0.4, -0.2) is 27.6 Å². The molecule has 0 atom stereocenters. The van der Waals surface area contributed by atoms with Gasteiger partial charge in [0.2, 0.25) is 0 Å².